The van der Waals surface area contributed by atoms with Gasteiger partial charge in [-0.1, -0.05) is 37.8 Å². The van der Waals surface area contributed by atoms with Crippen LogP contribution in [0.25, 0.3) is 11.0 Å². The number of carbonyl (C=O) groups is 5. The van der Waals surface area contributed by atoms with Crippen LogP contribution in [0.4, 0.5) is 0 Å². The Hall–Kier alpha value is -4.60. The number of benzene rings is 1. The van der Waals surface area contributed by atoms with Gasteiger partial charge in [0.25, 0.3) is 5.91 Å². The molecule has 0 spiro atoms. The predicted molar refractivity (Wildman–Crippen MR) is 214 cm³/mol. The number of carbonyl (C=O) groups excluding carboxylic acids is 5. The molecule has 1 aromatic heterocycles. The molecule has 2 aliphatic heterocycles. The van der Waals surface area contributed by atoms with Crippen molar-refractivity contribution in [2.45, 2.75) is 139 Å². The first-order valence-electron chi connectivity index (χ1n) is 20.8. The van der Waals surface area contributed by atoms with E-state index in [-0.39, 0.29) is 55.2 Å². The Morgan fingerprint density at radius 2 is 1.78 bits per heavy atom. The van der Waals surface area contributed by atoms with Crippen LogP contribution in [0, 0.1) is 24.7 Å². The van der Waals surface area contributed by atoms with Crippen molar-refractivity contribution >= 4 is 50.5 Å². The number of hydrogen-bond acceptors (Lipinski definition) is 11. The number of Topliss-reactive ketones (excluding diaryl/α,β-unsaturated/α-hetero) is 1. The molecule has 3 heterocycles. The van der Waals surface area contributed by atoms with Gasteiger partial charge in [-0.25, -0.2) is 18.4 Å². The van der Waals surface area contributed by atoms with Gasteiger partial charge in [-0.05, 0) is 83.3 Å². The molecule has 16 heteroatoms. The second-order valence-corrected chi connectivity index (χ2v) is 19.5. The van der Waals surface area contributed by atoms with Gasteiger partial charge >= 0.3 is 0 Å². The van der Waals surface area contributed by atoms with Crippen molar-refractivity contribution in [3.05, 3.63) is 36.0 Å². The molecule has 2 aromatic rings. The molecule has 7 rings (SSSR count). The average molecular weight is 821 g/mol. The van der Waals surface area contributed by atoms with Crippen molar-refractivity contribution in [1.29, 1.82) is 0 Å². The molecule has 3 aliphatic carbocycles. The topological polar surface area (TPSA) is 203 Å². The second kappa shape index (κ2) is 16.6. The Bertz CT molecular complexity index is 2100. The molecule has 0 radical (unpaired) electrons. The Balaban J connectivity index is 1.20. The molecule has 15 nitrogen and oxygen atoms in total. The highest BCUT2D eigenvalue weighted by Gasteiger charge is 2.63. The van der Waals surface area contributed by atoms with Crippen molar-refractivity contribution in [1.82, 2.24) is 30.2 Å². The van der Waals surface area contributed by atoms with E-state index in [0.29, 0.717) is 54.6 Å². The second-order valence-electron chi connectivity index (χ2n) is 17.3. The number of hydrogen-bond donors (Lipinski definition) is 3. The van der Waals surface area contributed by atoms with Crippen LogP contribution in [-0.2, 0) is 34.0 Å². The summed E-state index contributed by atoms with van der Waals surface area (Å²) in [6, 6.07) is 3.50. The molecular formula is C42H56N6O9S. The lowest BCUT2D eigenvalue weighted by Gasteiger charge is -2.30. The zero-order chi connectivity index (χ0) is 41.4. The van der Waals surface area contributed by atoms with Crippen LogP contribution < -0.4 is 24.8 Å². The molecule has 4 amide bonds. The first kappa shape index (κ1) is 41.6. The average Bonchev–Trinajstić information content (AvgIpc) is 3.93. The highest BCUT2D eigenvalue weighted by Crippen LogP contribution is 2.47. The number of nitrogens with zero attached hydrogens (tertiary/aromatic N) is 3. The van der Waals surface area contributed by atoms with Crippen LogP contribution in [-0.4, -0.2) is 94.8 Å². The van der Waals surface area contributed by atoms with E-state index in [1.807, 2.05) is 12.2 Å². The summed E-state index contributed by atoms with van der Waals surface area (Å²) in [4.78, 5) is 80.5. The zero-order valence-electron chi connectivity index (χ0n) is 33.9. The van der Waals surface area contributed by atoms with E-state index in [0.717, 1.165) is 38.5 Å². The number of fused-ring (bicyclic) bond motifs is 3. The van der Waals surface area contributed by atoms with E-state index in [1.165, 1.54) is 11.8 Å². The van der Waals surface area contributed by atoms with E-state index >= 15 is 0 Å². The smallest absolute Gasteiger partial charge is 0.259 e. The molecule has 3 N–H and O–H groups in total. The number of aromatic nitrogens is 2. The van der Waals surface area contributed by atoms with Gasteiger partial charge in [0.05, 0.1) is 35.5 Å². The number of ketones is 1. The highest BCUT2D eigenvalue weighted by molar-refractivity contribution is 7.91. The van der Waals surface area contributed by atoms with Crippen LogP contribution in [0.15, 0.2) is 30.4 Å². The molecule has 0 bridgehead atoms. The largest absolute Gasteiger partial charge is 0.497 e. The number of sulfonamides is 1. The van der Waals surface area contributed by atoms with Crippen LogP contribution >= 0.6 is 0 Å². The Morgan fingerprint density at radius 1 is 1.03 bits per heavy atom. The van der Waals surface area contributed by atoms with Crippen molar-refractivity contribution < 1.29 is 41.9 Å². The third kappa shape index (κ3) is 8.71. The fourth-order valence-electron chi connectivity index (χ4n) is 8.92. The molecule has 4 fully saturated rings. The van der Waals surface area contributed by atoms with E-state index in [4.69, 9.17) is 14.5 Å². The summed E-state index contributed by atoms with van der Waals surface area (Å²) >= 11 is 0. The zero-order valence-corrected chi connectivity index (χ0v) is 34.7. The number of aryl methyl sites for hydroxylation is 1. The van der Waals surface area contributed by atoms with Crippen molar-refractivity contribution in [2.75, 3.05) is 13.7 Å². The minimum Gasteiger partial charge on any atom is -0.497 e. The highest BCUT2D eigenvalue weighted by atomic mass is 32.2. The maximum atomic E-state index is 14.9. The van der Waals surface area contributed by atoms with Crippen LogP contribution in [0.3, 0.4) is 0 Å². The minimum atomic E-state index is -4.00. The summed E-state index contributed by atoms with van der Waals surface area (Å²) in [5, 5.41) is 5.79. The maximum Gasteiger partial charge on any atom is 0.259 e. The van der Waals surface area contributed by atoms with Crippen LogP contribution in [0.5, 0.6) is 11.6 Å². The molecular weight excluding hydrogens is 765 g/mol. The molecule has 1 aromatic carbocycles. The minimum absolute atomic E-state index is 0.00458. The van der Waals surface area contributed by atoms with Crippen molar-refractivity contribution in [3.8, 4) is 11.6 Å². The van der Waals surface area contributed by atoms with E-state index in [1.54, 1.807) is 39.2 Å². The number of methoxy groups -OCH3 is 1. The van der Waals surface area contributed by atoms with E-state index in [2.05, 4.69) is 20.3 Å². The molecule has 0 unspecified atom stereocenters. The Kier molecular flexibility index (Phi) is 11.9. The third-order valence-corrected chi connectivity index (χ3v) is 15.1. The number of allylic oxidation sites excluding steroid dienone is 1. The summed E-state index contributed by atoms with van der Waals surface area (Å²) in [7, 11) is -2.45. The van der Waals surface area contributed by atoms with Crippen molar-refractivity contribution in [3.63, 3.8) is 0 Å². The summed E-state index contributed by atoms with van der Waals surface area (Å²) in [6.07, 6.45) is 11.0. The monoisotopic (exact) mass is 820 g/mol. The van der Waals surface area contributed by atoms with Gasteiger partial charge in [0.1, 0.15) is 29.1 Å². The third-order valence-electron chi connectivity index (χ3n) is 12.9. The summed E-state index contributed by atoms with van der Waals surface area (Å²) in [6.45, 7) is 4.73. The van der Waals surface area contributed by atoms with E-state index < -0.39 is 62.1 Å². The van der Waals surface area contributed by atoms with Gasteiger partial charge in [0, 0.05) is 37.7 Å². The van der Waals surface area contributed by atoms with Crippen molar-refractivity contribution in [2.24, 2.45) is 17.8 Å². The summed E-state index contributed by atoms with van der Waals surface area (Å²) in [5.41, 5.74) is 0.149. The van der Waals surface area contributed by atoms with Gasteiger partial charge in [-0.3, -0.25) is 28.7 Å². The lowest BCUT2D eigenvalue weighted by atomic mass is 9.86. The quantitative estimate of drug-likeness (QED) is 0.277. The van der Waals surface area contributed by atoms with Gasteiger partial charge < -0.3 is 25.0 Å². The van der Waals surface area contributed by atoms with Gasteiger partial charge in [0.2, 0.25) is 33.6 Å². The van der Waals surface area contributed by atoms with Gasteiger partial charge in [0.15, 0.2) is 5.78 Å². The number of ether oxygens (including phenoxy) is 2. The number of amides is 4. The summed E-state index contributed by atoms with van der Waals surface area (Å²) < 4.78 is 39.5. The molecule has 6 atom stereocenters. The lowest BCUT2D eigenvalue weighted by Crippen LogP contribution is -2.57. The lowest BCUT2D eigenvalue weighted by molar-refractivity contribution is -0.144. The normalized spacial score (nSPS) is 28.5. The standard InChI is InChI=1S/C42H56N6O9S/c1-25-38(45-33-21-30(56-4)16-17-32(33)43-25)57-31-22-34-37(51)46-42(40(53)47-58(54,55)41(3)18-19-41)23-29(42)15-9-7-5-6-8-14-28(39(52)48(34)24-31)20-35(50)36(44-26(2)49)27-12-10-11-13-27/h9,15-17,21,27-29,31,34,36H,5-8,10-14,18-20,22-24H2,1-4H3,(H,44,49)(H,46,51)(H,47,53)/b15-9-/t28-,29-,31-,34+,36+,42-/m1/s1. The fourth-order valence-corrected chi connectivity index (χ4v) is 10.2. The molecule has 1 saturated heterocycles. The molecule has 314 valence electrons. The van der Waals surface area contributed by atoms with Crippen LogP contribution in [0.1, 0.15) is 109 Å². The molecule has 3 saturated carbocycles. The van der Waals surface area contributed by atoms with Gasteiger partial charge in [-0.2, -0.15) is 0 Å². The first-order valence-corrected chi connectivity index (χ1v) is 22.3. The number of nitrogens with one attached hydrogen (secondary N) is 3. The number of rotatable bonds is 11. The Labute approximate surface area is 339 Å². The SMILES string of the molecule is COc1ccc2nc(C)c(O[C@@H]3C[C@H]4C(=O)N[C@]5(C(=O)NS(=O)(=O)C6(C)CC6)C[C@H]5/C=C\CCCCC[C@H](CC(=O)[C@@H](NC(C)=O)C5CCCC5)C(=O)N4C3)nc2c1. The van der Waals surface area contributed by atoms with E-state index in [9.17, 15) is 32.4 Å². The molecule has 5 aliphatic rings. The maximum absolute atomic E-state index is 14.9. The van der Waals surface area contributed by atoms with Crippen LogP contribution in [0.2, 0.25) is 0 Å². The Morgan fingerprint density at radius 3 is 2.48 bits per heavy atom. The fraction of sp³-hybridized carbons (Fsp3) is 0.643. The predicted octanol–water partition coefficient (Wildman–Crippen LogP) is 3.96. The molecule has 58 heavy (non-hydrogen) atoms. The first-order chi connectivity index (χ1) is 27.6. The van der Waals surface area contributed by atoms with Gasteiger partial charge in [-0.15, -0.1) is 0 Å². The summed E-state index contributed by atoms with van der Waals surface area (Å²) in [5.74, 6) is -2.71.